The van der Waals surface area contributed by atoms with E-state index < -0.39 is 15.8 Å². The summed E-state index contributed by atoms with van der Waals surface area (Å²) in [7, 11) is -1.25. The van der Waals surface area contributed by atoms with Gasteiger partial charge in [-0.15, -0.1) is 0 Å². The van der Waals surface area contributed by atoms with E-state index in [1.54, 1.807) is 18.9 Å². The largest absolute Gasteiger partial charge is 0.478 e. The van der Waals surface area contributed by atoms with Crippen molar-refractivity contribution >= 4 is 21.8 Å². The van der Waals surface area contributed by atoms with Crippen LogP contribution in [0.25, 0.3) is 0 Å². The lowest BCUT2D eigenvalue weighted by molar-refractivity contribution is 0.0695. The lowest BCUT2D eigenvalue weighted by atomic mass is 10.2. The molecule has 1 fully saturated rings. The zero-order chi connectivity index (χ0) is 14.2. The number of sulfone groups is 1. The first-order chi connectivity index (χ1) is 8.80. The van der Waals surface area contributed by atoms with Gasteiger partial charge in [0.25, 0.3) is 0 Å². The predicted octanol–water partition coefficient (Wildman–Crippen LogP) is 0.107. The van der Waals surface area contributed by atoms with E-state index in [0.717, 1.165) is 0 Å². The van der Waals surface area contributed by atoms with E-state index in [9.17, 15) is 13.2 Å². The molecule has 1 aliphatic heterocycles. The molecule has 1 N–H and O–H groups in total. The number of carboxylic acid groups (broad SMARTS) is 1. The second-order valence-electron chi connectivity index (χ2n) is 4.64. The van der Waals surface area contributed by atoms with Gasteiger partial charge in [-0.05, 0) is 13.3 Å². The monoisotopic (exact) mass is 285 g/mol. The minimum absolute atomic E-state index is 0.0520. The summed E-state index contributed by atoms with van der Waals surface area (Å²) in [6.07, 6.45) is 1.79. The highest BCUT2D eigenvalue weighted by Gasteiger charge is 2.31. The Bertz CT molecular complexity index is 614. The standard InChI is InChI=1S/C11H15N3O4S/c1-7-9(10(15)16)5-12-11(13-7)14(2)8-3-4-19(17,18)6-8/h5,8H,3-4,6H2,1-2H3,(H,15,16). The Balaban J connectivity index is 2.23. The molecule has 0 aromatic carbocycles. The molecule has 1 saturated heterocycles. The van der Waals surface area contributed by atoms with Crippen LogP contribution in [-0.4, -0.2) is 54.1 Å². The molecule has 1 unspecified atom stereocenters. The third kappa shape index (κ3) is 2.83. The molecule has 104 valence electrons. The smallest absolute Gasteiger partial charge is 0.339 e. The highest BCUT2D eigenvalue weighted by molar-refractivity contribution is 7.91. The van der Waals surface area contributed by atoms with E-state index in [-0.39, 0.29) is 23.1 Å². The molecule has 0 saturated carbocycles. The maximum Gasteiger partial charge on any atom is 0.339 e. The number of aryl methyl sites for hydroxylation is 1. The topological polar surface area (TPSA) is 100 Å². The van der Waals surface area contributed by atoms with Gasteiger partial charge in [0.15, 0.2) is 9.84 Å². The summed E-state index contributed by atoms with van der Waals surface area (Å²) in [6.45, 7) is 1.59. The van der Waals surface area contributed by atoms with Crippen LogP contribution in [0.1, 0.15) is 22.5 Å². The number of aromatic carboxylic acids is 1. The van der Waals surface area contributed by atoms with Gasteiger partial charge >= 0.3 is 5.97 Å². The average Bonchev–Trinajstić information content (AvgIpc) is 2.68. The number of carbonyl (C=O) groups is 1. The van der Waals surface area contributed by atoms with E-state index in [1.165, 1.54) is 6.20 Å². The maximum absolute atomic E-state index is 11.4. The average molecular weight is 285 g/mol. The Labute approximate surface area is 111 Å². The zero-order valence-electron chi connectivity index (χ0n) is 10.7. The van der Waals surface area contributed by atoms with Crippen molar-refractivity contribution < 1.29 is 18.3 Å². The molecule has 0 amide bonds. The van der Waals surface area contributed by atoms with Gasteiger partial charge in [0.05, 0.1) is 22.8 Å². The third-order valence-electron chi connectivity index (χ3n) is 3.27. The molecule has 1 aromatic heterocycles. The summed E-state index contributed by atoms with van der Waals surface area (Å²) >= 11 is 0. The van der Waals surface area contributed by atoms with Crippen LogP contribution in [0.4, 0.5) is 5.95 Å². The number of carboxylic acids is 1. The first-order valence-corrected chi connectivity index (χ1v) is 7.62. The van der Waals surface area contributed by atoms with Crippen molar-refractivity contribution in [1.82, 2.24) is 9.97 Å². The number of hydrogen-bond acceptors (Lipinski definition) is 6. The minimum Gasteiger partial charge on any atom is -0.478 e. The number of anilines is 1. The highest BCUT2D eigenvalue weighted by Crippen LogP contribution is 2.20. The van der Waals surface area contributed by atoms with Gasteiger partial charge in [0.1, 0.15) is 0 Å². The van der Waals surface area contributed by atoms with Crippen LogP contribution in [0, 0.1) is 6.92 Å². The summed E-state index contributed by atoms with van der Waals surface area (Å²) in [5.41, 5.74) is 0.418. The summed E-state index contributed by atoms with van der Waals surface area (Å²) in [5.74, 6) is -0.458. The highest BCUT2D eigenvalue weighted by atomic mass is 32.2. The Hall–Kier alpha value is -1.70. The van der Waals surface area contributed by atoms with Gasteiger partial charge in [-0.3, -0.25) is 0 Å². The third-order valence-corrected chi connectivity index (χ3v) is 5.02. The fourth-order valence-electron chi connectivity index (χ4n) is 2.08. The van der Waals surface area contributed by atoms with E-state index in [2.05, 4.69) is 9.97 Å². The maximum atomic E-state index is 11.4. The minimum atomic E-state index is -2.97. The SMILES string of the molecule is Cc1nc(N(C)C2CCS(=O)(=O)C2)ncc1C(=O)O. The Morgan fingerprint density at radius 3 is 2.68 bits per heavy atom. The molecule has 1 aromatic rings. The number of aromatic nitrogens is 2. The van der Waals surface area contributed by atoms with Crippen LogP contribution in [-0.2, 0) is 9.84 Å². The van der Waals surface area contributed by atoms with Crippen molar-refractivity contribution in [2.75, 3.05) is 23.5 Å². The number of hydrogen-bond donors (Lipinski definition) is 1. The molecule has 0 bridgehead atoms. The first kappa shape index (κ1) is 13.7. The van der Waals surface area contributed by atoms with Gasteiger partial charge in [0, 0.05) is 19.3 Å². The van der Waals surface area contributed by atoms with Gasteiger partial charge in [-0.1, -0.05) is 0 Å². The molecule has 2 heterocycles. The first-order valence-electron chi connectivity index (χ1n) is 5.80. The Morgan fingerprint density at radius 2 is 2.21 bits per heavy atom. The van der Waals surface area contributed by atoms with Crippen LogP contribution < -0.4 is 4.90 Å². The Morgan fingerprint density at radius 1 is 1.53 bits per heavy atom. The van der Waals surface area contributed by atoms with Gasteiger partial charge in [0.2, 0.25) is 5.95 Å². The van der Waals surface area contributed by atoms with Crippen molar-refractivity contribution in [1.29, 1.82) is 0 Å². The second kappa shape index (κ2) is 4.76. The molecule has 7 nitrogen and oxygen atoms in total. The quantitative estimate of drug-likeness (QED) is 0.841. The fourth-order valence-corrected chi connectivity index (χ4v) is 3.85. The molecular weight excluding hydrogens is 270 g/mol. The van der Waals surface area contributed by atoms with Gasteiger partial charge in [-0.25, -0.2) is 23.2 Å². The van der Waals surface area contributed by atoms with E-state index in [4.69, 9.17) is 5.11 Å². The molecule has 1 atom stereocenters. The number of rotatable bonds is 3. The van der Waals surface area contributed by atoms with Crippen molar-refractivity contribution in [3.63, 3.8) is 0 Å². The van der Waals surface area contributed by atoms with Crippen molar-refractivity contribution in [2.45, 2.75) is 19.4 Å². The van der Waals surface area contributed by atoms with Crippen molar-refractivity contribution in [2.24, 2.45) is 0 Å². The van der Waals surface area contributed by atoms with E-state index >= 15 is 0 Å². The van der Waals surface area contributed by atoms with Crippen LogP contribution >= 0.6 is 0 Å². The molecule has 1 aliphatic rings. The van der Waals surface area contributed by atoms with Crippen molar-refractivity contribution in [3.05, 3.63) is 17.5 Å². The van der Waals surface area contributed by atoms with Crippen LogP contribution in [0.2, 0.25) is 0 Å². The summed E-state index contributed by atoms with van der Waals surface area (Å²) < 4.78 is 22.9. The summed E-state index contributed by atoms with van der Waals surface area (Å²) in [6, 6.07) is -0.153. The Kier molecular flexibility index (Phi) is 3.44. The van der Waals surface area contributed by atoms with Crippen LogP contribution in [0.15, 0.2) is 6.20 Å². The molecule has 0 radical (unpaired) electrons. The molecule has 2 rings (SSSR count). The fraction of sp³-hybridized carbons (Fsp3) is 0.545. The van der Waals surface area contributed by atoms with E-state index in [0.29, 0.717) is 18.1 Å². The lowest BCUT2D eigenvalue weighted by Crippen LogP contribution is -2.34. The molecule has 0 spiro atoms. The van der Waals surface area contributed by atoms with Crippen molar-refractivity contribution in [3.8, 4) is 0 Å². The summed E-state index contributed by atoms with van der Waals surface area (Å²) in [4.78, 5) is 20.7. The molecular formula is C11H15N3O4S. The van der Waals surface area contributed by atoms with Gasteiger partial charge < -0.3 is 10.0 Å². The number of nitrogens with zero attached hydrogens (tertiary/aromatic N) is 3. The lowest BCUT2D eigenvalue weighted by Gasteiger charge is -2.23. The second-order valence-corrected chi connectivity index (χ2v) is 6.87. The van der Waals surface area contributed by atoms with Gasteiger partial charge in [-0.2, -0.15) is 0 Å². The normalized spacial score (nSPS) is 21.3. The van der Waals surface area contributed by atoms with Crippen LogP contribution in [0.5, 0.6) is 0 Å². The van der Waals surface area contributed by atoms with Crippen LogP contribution in [0.3, 0.4) is 0 Å². The molecule has 19 heavy (non-hydrogen) atoms. The predicted molar refractivity (Wildman–Crippen MR) is 69.2 cm³/mol. The van der Waals surface area contributed by atoms with E-state index in [1.807, 2.05) is 0 Å². The summed E-state index contributed by atoms with van der Waals surface area (Å²) in [5, 5.41) is 8.90. The molecule has 0 aliphatic carbocycles. The molecule has 8 heteroatoms. The zero-order valence-corrected chi connectivity index (χ0v) is 11.5.